The summed E-state index contributed by atoms with van der Waals surface area (Å²) in [5.41, 5.74) is 2.88. The Bertz CT molecular complexity index is 1490. The lowest BCUT2D eigenvalue weighted by Crippen LogP contribution is -1.98. The molecule has 0 heterocycles. The molecule has 0 aromatic heterocycles. The Morgan fingerprint density at radius 1 is 0.676 bits per heavy atom. The highest BCUT2D eigenvalue weighted by atomic mass is 79.9. The first-order valence-electron chi connectivity index (χ1n) is 11.0. The van der Waals surface area contributed by atoms with Crippen LogP contribution in [0.2, 0.25) is 0 Å². The summed E-state index contributed by atoms with van der Waals surface area (Å²) in [4.78, 5) is 23.2. The molecule has 8 heteroatoms. The fraction of sp³-hybridized carbons (Fsp3) is 0.103. The van der Waals surface area contributed by atoms with Gasteiger partial charge in [0.25, 0.3) is 0 Å². The van der Waals surface area contributed by atoms with E-state index in [4.69, 9.17) is 4.74 Å². The predicted octanol–water partition coefficient (Wildman–Crippen LogP) is 8.63. The molecule has 1 N–H and O–H groups in total. The highest BCUT2D eigenvalue weighted by Crippen LogP contribution is 2.36. The zero-order valence-corrected chi connectivity index (χ0v) is 23.3. The summed E-state index contributed by atoms with van der Waals surface area (Å²) in [6.45, 7) is 2.87. The Morgan fingerprint density at radius 2 is 1.14 bits per heavy atom. The molecule has 0 radical (unpaired) electrons. The average molecular weight is 632 g/mol. The average Bonchev–Trinajstić information content (AvgIpc) is 2.85. The van der Waals surface area contributed by atoms with Crippen LogP contribution in [0.4, 0.5) is 8.78 Å². The van der Waals surface area contributed by atoms with Crippen molar-refractivity contribution in [1.82, 2.24) is 0 Å². The molecule has 0 atom stereocenters. The van der Waals surface area contributed by atoms with Crippen LogP contribution in [-0.4, -0.2) is 23.8 Å². The van der Waals surface area contributed by atoms with E-state index < -0.39 is 5.82 Å². The van der Waals surface area contributed by atoms with Gasteiger partial charge in [0.2, 0.25) is 0 Å². The fourth-order valence-electron chi connectivity index (χ4n) is 3.71. The van der Waals surface area contributed by atoms with Crippen LogP contribution in [0.5, 0.6) is 11.5 Å². The van der Waals surface area contributed by atoms with Gasteiger partial charge < -0.3 is 9.84 Å². The van der Waals surface area contributed by atoms with E-state index >= 15 is 0 Å². The zero-order valence-electron chi connectivity index (χ0n) is 20.1. The molecule has 0 unspecified atom stereocenters. The van der Waals surface area contributed by atoms with Gasteiger partial charge in [-0.15, -0.1) is 0 Å². The van der Waals surface area contributed by atoms with Crippen molar-refractivity contribution in [3.63, 3.8) is 0 Å². The number of ether oxygens (including phenoxy) is 1. The van der Waals surface area contributed by atoms with E-state index in [9.17, 15) is 23.5 Å². The van der Waals surface area contributed by atoms with Crippen molar-refractivity contribution in [2.75, 3.05) is 7.11 Å². The minimum atomic E-state index is -0.450. The van der Waals surface area contributed by atoms with E-state index in [-0.39, 0.29) is 23.1 Å². The van der Waals surface area contributed by atoms with Crippen molar-refractivity contribution in [3.05, 3.63) is 105 Å². The maximum atomic E-state index is 13.5. The van der Waals surface area contributed by atoms with Crippen LogP contribution >= 0.6 is 31.9 Å². The Balaban J connectivity index is 0.000000206. The van der Waals surface area contributed by atoms with Crippen molar-refractivity contribution in [2.24, 2.45) is 0 Å². The zero-order chi connectivity index (χ0) is 27.3. The summed E-state index contributed by atoms with van der Waals surface area (Å²) < 4.78 is 33.6. The number of aromatic hydroxyl groups is 1. The second kappa shape index (κ2) is 12.3. The van der Waals surface area contributed by atoms with Crippen LogP contribution in [0.25, 0.3) is 22.3 Å². The fourth-order valence-corrected chi connectivity index (χ4v) is 4.43. The van der Waals surface area contributed by atoms with Gasteiger partial charge in [0.05, 0.1) is 7.11 Å². The lowest BCUT2D eigenvalue weighted by molar-refractivity contribution is 0.101. The van der Waals surface area contributed by atoms with Crippen LogP contribution in [-0.2, 0) is 0 Å². The number of phenolic OH excluding ortho intramolecular Hbond substituents is 1. The molecule has 37 heavy (non-hydrogen) atoms. The van der Waals surface area contributed by atoms with E-state index in [2.05, 4.69) is 31.9 Å². The molecule has 0 aliphatic carbocycles. The molecule has 4 rings (SSSR count). The molecule has 0 saturated carbocycles. The van der Waals surface area contributed by atoms with E-state index in [1.807, 2.05) is 6.07 Å². The molecule has 0 fully saturated rings. The number of hydrogen-bond donors (Lipinski definition) is 1. The van der Waals surface area contributed by atoms with Crippen molar-refractivity contribution in [2.45, 2.75) is 13.8 Å². The summed E-state index contributed by atoms with van der Waals surface area (Å²) in [5.74, 6) is -0.527. The maximum Gasteiger partial charge on any atom is 0.160 e. The lowest BCUT2D eigenvalue weighted by atomic mass is 9.96. The van der Waals surface area contributed by atoms with Gasteiger partial charge in [-0.2, -0.15) is 0 Å². The lowest BCUT2D eigenvalue weighted by Gasteiger charge is -2.12. The largest absolute Gasteiger partial charge is 0.507 e. The summed E-state index contributed by atoms with van der Waals surface area (Å²) in [7, 11) is 1.54. The van der Waals surface area contributed by atoms with E-state index in [1.54, 1.807) is 31.4 Å². The molecular formula is C29H22Br2F2O4. The van der Waals surface area contributed by atoms with E-state index in [1.165, 1.54) is 56.3 Å². The van der Waals surface area contributed by atoms with Crippen LogP contribution < -0.4 is 4.74 Å². The van der Waals surface area contributed by atoms with Gasteiger partial charge in [0, 0.05) is 31.2 Å². The normalized spacial score (nSPS) is 10.4. The highest BCUT2D eigenvalue weighted by molar-refractivity contribution is 9.10. The first-order valence-corrected chi connectivity index (χ1v) is 12.5. The SMILES string of the molecule is CC(=O)c1ccc(F)cc1-c1cc(Br)ccc1O.COc1ccc(Br)cc1-c1cc(F)ccc1C(C)=O. The predicted molar refractivity (Wildman–Crippen MR) is 147 cm³/mol. The number of Topliss-reactive ketones (excluding diaryl/α,β-unsaturated/α-hetero) is 2. The molecule has 190 valence electrons. The number of carbonyl (C=O) groups excluding carboxylic acids is 2. The number of methoxy groups -OCH3 is 1. The second-order valence-corrected chi connectivity index (χ2v) is 9.83. The van der Waals surface area contributed by atoms with Gasteiger partial charge in [-0.1, -0.05) is 31.9 Å². The van der Waals surface area contributed by atoms with Gasteiger partial charge in [-0.05, 0) is 97.8 Å². The monoisotopic (exact) mass is 630 g/mol. The smallest absolute Gasteiger partial charge is 0.160 e. The molecule has 4 aromatic rings. The van der Waals surface area contributed by atoms with E-state index in [0.717, 1.165) is 8.95 Å². The number of halogens is 4. The Labute approximate surface area is 230 Å². The van der Waals surface area contributed by atoms with Gasteiger partial charge in [0.15, 0.2) is 11.6 Å². The first kappa shape index (κ1) is 28.2. The number of ketones is 2. The van der Waals surface area contributed by atoms with Crippen LogP contribution in [0.1, 0.15) is 34.6 Å². The third-order valence-corrected chi connectivity index (χ3v) is 6.41. The molecule has 0 spiro atoms. The molecule has 0 saturated heterocycles. The quantitative estimate of drug-likeness (QED) is 0.224. The number of benzene rings is 4. The number of rotatable bonds is 5. The van der Waals surface area contributed by atoms with Gasteiger partial charge in [-0.25, -0.2) is 8.78 Å². The Morgan fingerprint density at radius 3 is 1.62 bits per heavy atom. The summed E-state index contributed by atoms with van der Waals surface area (Å²) in [6.07, 6.45) is 0. The first-order chi connectivity index (χ1) is 17.5. The number of hydrogen-bond acceptors (Lipinski definition) is 4. The maximum absolute atomic E-state index is 13.5. The topological polar surface area (TPSA) is 63.6 Å². The molecule has 0 aliphatic heterocycles. The van der Waals surface area contributed by atoms with Gasteiger partial charge in [0.1, 0.15) is 23.1 Å². The van der Waals surface area contributed by atoms with E-state index in [0.29, 0.717) is 39.1 Å². The minimum Gasteiger partial charge on any atom is -0.507 e. The molecule has 0 bridgehead atoms. The molecule has 0 amide bonds. The van der Waals surface area contributed by atoms with Crippen LogP contribution in [0, 0.1) is 11.6 Å². The van der Waals surface area contributed by atoms with Crippen molar-refractivity contribution in [3.8, 4) is 33.8 Å². The molecular weight excluding hydrogens is 610 g/mol. The molecule has 4 nitrogen and oxygen atoms in total. The Kier molecular flexibility index (Phi) is 9.34. The summed E-state index contributed by atoms with van der Waals surface area (Å²) >= 11 is 6.65. The van der Waals surface area contributed by atoms with Crippen molar-refractivity contribution < 1.29 is 28.2 Å². The van der Waals surface area contributed by atoms with Crippen LogP contribution in [0.15, 0.2) is 81.7 Å². The standard InChI is InChI=1S/C15H12BrFO2.C14H10BrFO2/c1-9(18)12-5-4-11(17)8-13(12)14-7-10(16)3-6-15(14)19-2;1-8(17)11-4-3-10(16)7-12(11)13-6-9(15)2-5-14(13)18/h3-8H,1-2H3;2-7,18H,1H3. The number of carbonyl (C=O) groups is 2. The van der Waals surface area contributed by atoms with Crippen molar-refractivity contribution in [1.29, 1.82) is 0 Å². The Hall–Kier alpha value is -3.36. The highest BCUT2D eigenvalue weighted by Gasteiger charge is 2.15. The van der Waals surface area contributed by atoms with Crippen molar-refractivity contribution >= 4 is 43.4 Å². The third kappa shape index (κ3) is 6.90. The van der Waals surface area contributed by atoms with Gasteiger partial charge >= 0.3 is 0 Å². The molecule has 0 aliphatic rings. The minimum absolute atomic E-state index is 0.00583. The number of phenols is 1. The van der Waals surface area contributed by atoms with Crippen LogP contribution in [0.3, 0.4) is 0 Å². The summed E-state index contributed by atoms with van der Waals surface area (Å²) in [6, 6.07) is 18.2. The molecule has 4 aromatic carbocycles. The summed E-state index contributed by atoms with van der Waals surface area (Å²) in [5, 5.41) is 9.83. The van der Waals surface area contributed by atoms with Gasteiger partial charge in [-0.3, -0.25) is 9.59 Å². The second-order valence-electron chi connectivity index (χ2n) is 8.00. The third-order valence-electron chi connectivity index (χ3n) is 5.42.